The highest BCUT2D eigenvalue weighted by molar-refractivity contribution is 9.10. The van der Waals surface area contributed by atoms with Crippen LogP contribution in [0.4, 0.5) is 10.1 Å². The first-order valence-corrected chi connectivity index (χ1v) is 10.9. The Morgan fingerprint density at radius 3 is 2.28 bits per heavy atom. The van der Waals surface area contributed by atoms with E-state index in [-0.39, 0.29) is 29.3 Å². The molecule has 0 amide bonds. The number of hydrogen-bond acceptors (Lipinski definition) is 4. The van der Waals surface area contributed by atoms with E-state index in [9.17, 15) is 14.3 Å². The van der Waals surface area contributed by atoms with E-state index in [1.165, 1.54) is 12.1 Å². The normalized spacial score (nSPS) is 19.6. The van der Waals surface area contributed by atoms with Gasteiger partial charge < -0.3 is 19.9 Å². The Hall–Kier alpha value is -3.06. The molecule has 0 aliphatic carbocycles. The van der Waals surface area contributed by atoms with Gasteiger partial charge in [0.25, 0.3) is 0 Å². The molecule has 7 heteroatoms. The topological polar surface area (TPSA) is 67.8 Å². The van der Waals surface area contributed by atoms with Crippen LogP contribution in [0, 0.1) is 11.7 Å². The third kappa shape index (κ3) is 3.93. The summed E-state index contributed by atoms with van der Waals surface area (Å²) in [5, 5.41) is 13.3. The van der Waals surface area contributed by atoms with Crippen LogP contribution in [-0.2, 0) is 0 Å². The van der Waals surface area contributed by atoms with Gasteiger partial charge in [-0.1, -0.05) is 41.1 Å². The average molecular weight is 500 g/mol. The van der Waals surface area contributed by atoms with E-state index in [4.69, 9.17) is 9.47 Å². The molecular formula is C25H23BrFNO4. The number of aromatic carboxylic acids is 1. The van der Waals surface area contributed by atoms with Crippen LogP contribution in [-0.4, -0.2) is 25.3 Å². The highest BCUT2D eigenvalue weighted by Crippen LogP contribution is 2.50. The van der Waals surface area contributed by atoms with Crippen LogP contribution in [0.1, 0.15) is 45.9 Å². The van der Waals surface area contributed by atoms with Gasteiger partial charge in [-0.05, 0) is 59.0 Å². The van der Waals surface area contributed by atoms with E-state index < -0.39 is 5.97 Å². The molecule has 1 heterocycles. The van der Waals surface area contributed by atoms with Gasteiger partial charge in [-0.15, -0.1) is 0 Å². The van der Waals surface area contributed by atoms with E-state index in [0.717, 1.165) is 16.7 Å². The first kappa shape index (κ1) is 22.1. The monoisotopic (exact) mass is 499 g/mol. The van der Waals surface area contributed by atoms with Crippen molar-refractivity contribution in [3.05, 3.63) is 87.1 Å². The second-order valence-corrected chi connectivity index (χ2v) is 8.76. The summed E-state index contributed by atoms with van der Waals surface area (Å²) in [6, 6.07) is 15.4. The molecule has 0 unspecified atom stereocenters. The zero-order valence-electron chi connectivity index (χ0n) is 17.9. The molecule has 3 atom stereocenters. The maximum Gasteiger partial charge on any atom is 0.337 e. The summed E-state index contributed by atoms with van der Waals surface area (Å²) < 4.78 is 25.2. The molecule has 1 aliphatic rings. The van der Waals surface area contributed by atoms with E-state index >= 15 is 0 Å². The Labute approximate surface area is 194 Å². The van der Waals surface area contributed by atoms with E-state index in [0.29, 0.717) is 21.7 Å². The first-order chi connectivity index (χ1) is 15.3. The molecule has 1 aliphatic heterocycles. The van der Waals surface area contributed by atoms with E-state index in [2.05, 4.69) is 28.2 Å². The lowest BCUT2D eigenvalue weighted by Crippen LogP contribution is -2.32. The van der Waals surface area contributed by atoms with Crippen molar-refractivity contribution in [3.8, 4) is 11.5 Å². The summed E-state index contributed by atoms with van der Waals surface area (Å²) in [4.78, 5) is 12.1. The van der Waals surface area contributed by atoms with Crippen molar-refractivity contribution in [1.82, 2.24) is 0 Å². The Morgan fingerprint density at radius 1 is 1.00 bits per heavy atom. The Morgan fingerprint density at radius 2 is 1.66 bits per heavy atom. The van der Waals surface area contributed by atoms with Crippen LogP contribution in [0.3, 0.4) is 0 Å². The fraction of sp³-hybridized carbons (Fsp3) is 0.240. The minimum atomic E-state index is -1.02. The molecule has 0 aromatic heterocycles. The lowest BCUT2D eigenvalue weighted by molar-refractivity contribution is 0.0697. The molecule has 2 N–H and O–H groups in total. The summed E-state index contributed by atoms with van der Waals surface area (Å²) in [5.74, 6) is -0.242. The van der Waals surface area contributed by atoms with Gasteiger partial charge in [-0.3, -0.25) is 0 Å². The number of fused-ring (bicyclic) bond motifs is 1. The predicted octanol–water partition coefficient (Wildman–Crippen LogP) is 6.24. The summed E-state index contributed by atoms with van der Waals surface area (Å²) in [6.07, 6.45) is 0. The molecule has 0 bridgehead atoms. The van der Waals surface area contributed by atoms with Gasteiger partial charge in [-0.25, -0.2) is 9.18 Å². The summed E-state index contributed by atoms with van der Waals surface area (Å²) in [7, 11) is 3.17. The number of halogens is 2. The van der Waals surface area contributed by atoms with Gasteiger partial charge in [0.1, 0.15) is 5.82 Å². The van der Waals surface area contributed by atoms with Crippen LogP contribution in [0.5, 0.6) is 11.5 Å². The number of nitrogens with one attached hydrogen (secondary N) is 1. The van der Waals surface area contributed by atoms with Crippen LogP contribution < -0.4 is 14.8 Å². The van der Waals surface area contributed by atoms with Crippen molar-refractivity contribution >= 4 is 27.6 Å². The molecule has 0 saturated carbocycles. The van der Waals surface area contributed by atoms with Crippen molar-refractivity contribution in [1.29, 1.82) is 0 Å². The van der Waals surface area contributed by atoms with Gasteiger partial charge in [0.15, 0.2) is 11.5 Å². The van der Waals surface area contributed by atoms with E-state index in [1.54, 1.807) is 32.4 Å². The number of ether oxygens (including phenoxy) is 2. The number of anilines is 1. The SMILES string of the molecule is COc1ccc([C@@H]2c3cc(Br)cc(C(=O)O)c3N[C@H](c3ccc(F)cc3)[C@@H]2C)cc1OC. The molecule has 0 saturated heterocycles. The molecule has 4 rings (SSSR count). The zero-order valence-corrected chi connectivity index (χ0v) is 19.4. The van der Waals surface area contributed by atoms with Crippen molar-refractivity contribution in [2.45, 2.75) is 18.9 Å². The number of carbonyl (C=O) groups is 1. The van der Waals surface area contributed by atoms with Crippen LogP contribution >= 0.6 is 15.9 Å². The van der Waals surface area contributed by atoms with Crippen molar-refractivity contribution in [3.63, 3.8) is 0 Å². The highest BCUT2D eigenvalue weighted by Gasteiger charge is 2.38. The van der Waals surface area contributed by atoms with Gasteiger partial charge in [0.2, 0.25) is 0 Å². The van der Waals surface area contributed by atoms with Gasteiger partial charge in [-0.2, -0.15) is 0 Å². The Bertz CT molecular complexity index is 1170. The molecule has 0 radical (unpaired) electrons. The lowest BCUT2D eigenvalue weighted by atomic mass is 9.72. The first-order valence-electron chi connectivity index (χ1n) is 10.1. The van der Waals surface area contributed by atoms with Gasteiger partial charge >= 0.3 is 5.97 Å². The molecule has 5 nitrogen and oxygen atoms in total. The second-order valence-electron chi connectivity index (χ2n) is 7.85. The molecule has 3 aromatic rings. The summed E-state index contributed by atoms with van der Waals surface area (Å²) in [6.45, 7) is 2.10. The van der Waals surface area contributed by atoms with Crippen LogP contribution in [0.25, 0.3) is 0 Å². The molecule has 3 aromatic carbocycles. The minimum absolute atomic E-state index is 0.0157. The van der Waals surface area contributed by atoms with Crippen LogP contribution in [0.2, 0.25) is 0 Å². The van der Waals surface area contributed by atoms with Crippen LogP contribution in [0.15, 0.2) is 59.1 Å². The zero-order chi connectivity index (χ0) is 23.0. The Balaban J connectivity index is 1.93. The minimum Gasteiger partial charge on any atom is -0.493 e. The fourth-order valence-electron chi connectivity index (χ4n) is 4.55. The average Bonchev–Trinajstić information content (AvgIpc) is 2.78. The van der Waals surface area contributed by atoms with Crippen molar-refractivity contribution < 1.29 is 23.8 Å². The summed E-state index contributed by atoms with van der Waals surface area (Å²) in [5.41, 5.74) is 3.47. The third-order valence-corrected chi connectivity index (χ3v) is 6.50. The molecule has 32 heavy (non-hydrogen) atoms. The third-order valence-electron chi connectivity index (χ3n) is 6.05. The molecule has 166 valence electrons. The highest BCUT2D eigenvalue weighted by atomic mass is 79.9. The smallest absolute Gasteiger partial charge is 0.337 e. The number of methoxy groups -OCH3 is 2. The number of carboxylic acid groups (broad SMARTS) is 1. The van der Waals surface area contributed by atoms with Crippen molar-refractivity contribution in [2.24, 2.45) is 5.92 Å². The molecule has 0 fully saturated rings. The number of benzene rings is 3. The number of hydrogen-bond donors (Lipinski definition) is 2. The maximum atomic E-state index is 13.6. The van der Waals surface area contributed by atoms with Gasteiger partial charge in [0.05, 0.1) is 31.5 Å². The second kappa shape index (κ2) is 8.82. The van der Waals surface area contributed by atoms with Gasteiger partial charge in [0, 0.05) is 10.4 Å². The Kier molecular flexibility index (Phi) is 6.11. The maximum absolute atomic E-state index is 13.6. The predicted molar refractivity (Wildman–Crippen MR) is 124 cm³/mol. The number of rotatable bonds is 5. The lowest BCUT2D eigenvalue weighted by Gasteiger charge is -2.40. The largest absolute Gasteiger partial charge is 0.493 e. The number of carboxylic acids is 1. The van der Waals surface area contributed by atoms with Crippen molar-refractivity contribution in [2.75, 3.05) is 19.5 Å². The fourth-order valence-corrected chi connectivity index (χ4v) is 5.03. The molecule has 0 spiro atoms. The molecular weight excluding hydrogens is 477 g/mol. The standard InChI is InChI=1S/C25H23BrFNO4/c1-13-22(15-6-9-20(31-2)21(10-15)32-3)18-11-16(26)12-19(25(29)30)24(18)28-23(13)14-4-7-17(27)8-5-14/h4-13,22-23,28H,1-3H3,(H,29,30)/t13-,22-,23+/m1/s1. The quantitative estimate of drug-likeness (QED) is 0.434. The summed E-state index contributed by atoms with van der Waals surface area (Å²) >= 11 is 3.47. The van der Waals surface area contributed by atoms with E-state index in [1.807, 2.05) is 24.3 Å².